The number of nitrogens with zero attached hydrogens (tertiary/aromatic N) is 1. The Kier molecular flexibility index (Phi) is 6.26. The highest BCUT2D eigenvalue weighted by Crippen LogP contribution is 2.25. The zero-order valence-corrected chi connectivity index (χ0v) is 10.8. The van der Waals surface area contributed by atoms with E-state index < -0.39 is 0 Å². The van der Waals surface area contributed by atoms with Crippen molar-refractivity contribution in [1.82, 2.24) is 10.2 Å². The van der Waals surface area contributed by atoms with Crippen molar-refractivity contribution in [2.45, 2.75) is 51.5 Å². The first-order valence-corrected chi connectivity index (χ1v) is 6.59. The van der Waals surface area contributed by atoms with Gasteiger partial charge in [0, 0.05) is 6.04 Å². The summed E-state index contributed by atoms with van der Waals surface area (Å²) in [5, 5.41) is 3.22. The number of nitrogens with one attached hydrogen (secondary N) is 1. The van der Waals surface area contributed by atoms with E-state index in [1.54, 1.807) is 0 Å². The molecule has 2 atom stereocenters. The average molecular weight is 212 g/mol. The normalized spacial score (nSPS) is 28.0. The smallest absolute Gasteiger partial charge is 0.00923 e. The first-order valence-electron chi connectivity index (χ1n) is 6.59. The third-order valence-electron chi connectivity index (χ3n) is 3.79. The van der Waals surface area contributed by atoms with E-state index in [0.29, 0.717) is 0 Å². The van der Waals surface area contributed by atoms with E-state index in [1.165, 1.54) is 45.1 Å². The standard InChI is InChI=1S/C13H28N2/c1-12-6-4-7-13(9-8-12)15(3)11-5-10-14-2/h12-14H,4-11H2,1-3H3. The second-order valence-corrected chi connectivity index (χ2v) is 5.20. The third-order valence-corrected chi connectivity index (χ3v) is 3.79. The molecule has 1 fully saturated rings. The summed E-state index contributed by atoms with van der Waals surface area (Å²) in [7, 11) is 4.34. The summed E-state index contributed by atoms with van der Waals surface area (Å²) in [6.07, 6.45) is 8.42. The first kappa shape index (κ1) is 13.0. The van der Waals surface area contributed by atoms with Gasteiger partial charge in [-0.15, -0.1) is 0 Å². The molecular formula is C13H28N2. The fraction of sp³-hybridized carbons (Fsp3) is 1.00. The molecule has 0 radical (unpaired) electrons. The quantitative estimate of drug-likeness (QED) is 0.556. The van der Waals surface area contributed by atoms with Gasteiger partial charge in [-0.2, -0.15) is 0 Å². The van der Waals surface area contributed by atoms with Crippen LogP contribution >= 0.6 is 0 Å². The minimum absolute atomic E-state index is 0.854. The van der Waals surface area contributed by atoms with E-state index in [4.69, 9.17) is 0 Å². The van der Waals surface area contributed by atoms with Crippen molar-refractivity contribution in [3.05, 3.63) is 0 Å². The Hall–Kier alpha value is -0.0800. The summed E-state index contributed by atoms with van der Waals surface area (Å²) in [5.41, 5.74) is 0. The molecule has 0 saturated heterocycles. The molecular weight excluding hydrogens is 184 g/mol. The molecule has 0 aromatic heterocycles. The maximum absolute atomic E-state index is 3.22. The topological polar surface area (TPSA) is 15.3 Å². The van der Waals surface area contributed by atoms with Crippen LogP contribution in [0.2, 0.25) is 0 Å². The minimum Gasteiger partial charge on any atom is -0.320 e. The minimum atomic E-state index is 0.854. The van der Waals surface area contributed by atoms with Gasteiger partial charge in [-0.3, -0.25) is 0 Å². The van der Waals surface area contributed by atoms with Crippen molar-refractivity contribution < 1.29 is 0 Å². The zero-order chi connectivity index (χ0) is 11.1. The summed E-state index contributed by atoms with van der Waals surface area (Å²) >= 11 is 0. The molecule has 0 heterocycles. The van der Waals surface area contributed by atoms with E-state index >= 15 is 0 Å². The van der Waals surface area contributed by atoms with Gasteiger partial charge in [0.25, 0.3) is 0 Å². The summed E-state index contributed by atoms with van der Waals surface area (Å²) in [6, 6.07) is 0.854. The molecule has 2 nitrogen and oxygen atoms in total. The maximum atomic E-state index is 3.22. The number of hydrogen-bond donors (Lipinski definition) is 1. The van der Waals surface area contributed by atoms with Crippen LogP contribution in [0.4, 0.5) is 0 Å². The van der Waals surface area contributed by atoms with Crippen molar-refractivity contribution in [1.29, 1.82) is 0 Å². The third kappa shape index (κ3) is 4.98. The van der Waals surface area contributed by atoms with E-state index in [-0.39, 0.29) is 0 Å². The number of rotatable bonds is 5. The molecule has 1 aliphatic rings. The monoisotopic (exact) mass is 212 g/mol. The molecule has 0 bridgehead atoms. The van der Waals surface area contributed by atoms with Crippen LogP contribution in [0.5, 0.6) is 0 Å². The Labute approximate surface area is 95.4 Å². The van der Waals surface area contributed by atoms with Gasteiger partial charge in [-0.25, -0.2) is 0 Å². The largest absolute Gasteiger partial charge is 0.320 e. The summed E-state index contributed by atoms with van der Waals surface area (Å²) in [5.74, 6) is 0.959. The Morgan fingerprint density at radius 1 is 1.20 bits per heavy atom. The molecule has 15 heavy (non-hydrogen) atoms. The van der Waals surface area contributed by atoms with Gasteiger partial charge in [0.15, 0.2) is 0 Å². The highest BCUT2D eigenvalue weighted by atomic mass is 15.1. The molecule has 0 aromatic rings. The average Bonchev–Trinajstić information content (AvgIpc) is 2.43. The fourth-order valence-corrected chi connectivity index (χ4v) is 2.60. The second-order valence-electron chi connectivity index (χ2n) is 5.20. The molecule has 2 unspecified atom stereocenters. The SMILES string of the molecule is CNCCCN(C)C1CCCC(C)CC1. The van der Waals surface area contributed by atoms with Crippen molar-refractivity contribution in [3.8, 4) is 0 Å². The van der Waals surface area contributed by atoms with Crippen molar-refractivity contribution in [3.63, 3.8) is 0 Å². The van der Waals surface area contributed by atoms with E-state index in [1.807, 2.05) is 7.05 Å². The Morgan fingerprint density at radius 2 is 2.00 bits per heavy atom. The fourth-order valence-electron chi connectivity index (χ4n) is 2.60. The molecule has 0 amide bonds. The van der Waals surface area contributed by atoms with Crippen LogP contribution in [0.15, 0.2) is 0 Å². The van der Waals surface area contributed by atoms with Crippen LogP contribution in [-0.4, -0.2) is 38.1 Å². The molecule has 0 aromatic carbocycles. The zero-order valence-electron chi connectivity index (χ0n) is 10.8. The van der Waals surface area contributed by atoms with Gasteiger partial charge in [-0.1, -0.05) is 19.8 Å². The summed E-state index contributed by atoms with van der Waals surface area (Å²) in [6.45, 7) is 4.80. The molecule has 1 aliphatic carbocycles. The lowest BCUT2D eigenvalue weighted by atomic mass is 10.0. The van der Waals surface area contributed by atoms with E-state index in [2.05, 4.69) is 24.2 Å². The van der Waals surface area contributed by atoms with Crippen LogP contribution in [0, 0.1) is 5.92 Å². The second kappa shape index (κ2) is 7.24. The summed E-state index contributed by atoms with van der Waals surface area (Å²) in [4.78, 5) is 2.58. The summed E-state index contributed by atoms with van der Waals surface area (Å²) < 4.78 is 0. The van der Waals surface area contributed by atoms with E-state index in [0.717, 1.165) is 18.5 Å². The molecule has 90 valence electrons. The Balaban J connectivity index is 2.22. The van der Waals surface area contributed by atoms with E-state index in [9.17, 15) is 0 Å². The lowest BCUT2D eigenvalue weighted by Crippen LogP contribution is -2.33. The molecule has 1 rings (SSSR count). The van der Waals surface area contributed by atoms with Gasteiger partial charge in [0.2, 0.25) is 0 Å². The highest BCUT2D eigenvalue weighted by Gasteiger charge is 2.19. The van der Waals surface area contributed by atoms with Crippen LogP contribution in [0.3, 0.4) is 0 Å². The van der Waals surface area contributed by atoms with Crippen LogP contribution in [0.1, 0.15) is 45.4 Å². The molecule has 0 aliphatic heterocycles. The maximum Gasteiger partial charge on any atom is 0.00923 e. The molecule has 1 N–H and O–H groups in total. The first-order chi connectivity index (χ1) is 7.24. The number of hydrogen-bond acceptors (Lipinski definition) is 2. The van der Waals surface area contributed by atoms with Gasteiger partial charge in [0.05, 0.1) is 0 Å². The van der Waals surface area contributed by atoms with Crippen molar-refractivity contribution >= 4 is 0 Å². The van der Waals surface area contributed by atoms with Gasteiger partial charge in [0.1, 0.15) is 0 Å². The molecule has 1 saturated carbocycles. The van der Waals surface area contributed by atoms with Crippen LogP contribution < -0.4 is 5.32 Å². The predicted octanol–water partition coefficient (Wildman–Crippen LogP) is 2.50. The van der Waals surface area contributed by atoms with Crippen molar-refractivity contribution in [2.75, 3.05) is 27.2 Å². The van der Waals surface area contributed by atoms with Gasteiger partial charge in [-0.05, 0) is 58.8 Å². The van der Waals surface area contributed by atoms with Crippen molar-refractivity contribution in [2.24, 2.45) is 5.92 Å². The van der Waals surface area contributed by atoms with Gasteiger partial charge < -0.3 is 10.2 Å². The lowest BCUT2D eigenvalue weighted by molar-refractivity contribution is 0.217. The molecule has 0 spiro atoms. The van der Waals surface area contributed by atoms with Gasteiger partial charge >= 0.3 is 0 Å². The predicted molar refractivity (Wildman–Crippen MR) is 67.2 cm³/mol. The lowest BCUT2D eigenvalue weighted by Gasteiger charge is -2.27. The highest BCUT2D eigenvalue weighted by molar-refractivity contribution is 4.74. The van der Waals surface area contributed by atoms with Crippen LogP contribution in [-0.2, 0) is 0 Å². The van der Waals surface area contributed by atoms with Crippen LogP contribution in [0.25, 0.3) is 0 Å². The molecule has 2 heteroatoms. The Morgan fingerprint density at radius 3 is 2.73 bits per heavy atom. The Bertz CT molecular complexity index is 159.